The van der Waals surface area contributed by atoms with Crippen LogP contribution in [0.25, 0.3) is 0 Å². The van der Waals surface area contributed by atoms with Gasteiger partial charge in [0.25, 0.3) is 0 Å². The first-order valence-corrected chi connectivity index (χ1v) is 7.73. The molecule has 3 heteroatoms. The molecule has 1 aliphatic heterocycles. The van der Waals surface area contributed by atoms with E-state index in [0.29, 0.717) is 18.0 Å². The van der Waals surface area contributed by atoms with Gasteiger partial charge in [0.2, 0.25) is 0 Å². The van der Waals surface area contributed by atoms with Crippen LogP contribution in [-0.2, 0) is 6.54 Å². The van der Waals surface area contributed by atoms with Gasteiger partial charge in [-0.05, 0) is 44.2 Å². The molecule has 3 rings (SSSR count). The maximum absolute atomic E-state index is 6.04. The normalized spacial score (nSPS) is 35.5. The van der Waals surface area contributed by atoms with Crippen molar-refractivity contribution in [3.05, 3.63) is 23.7 Å². The van der Waals surface area contributed by atoms with Crippen molar-refractivity contribution < 1.29 is 4.42 Å². The molecule has 1 aromatic heterocycles. The molecule has 4 unspecified atom stereocenters. The van der Waals surface area contributed by atoms with Crippen LogP contribution in [0.5, 0.6) is 0 Å². The summed E-state index contributed by atoms with van der Waals surface area (Å²) in [4.78, 5) is 2.53. The zero-order valence-corrected chi connectivity index (χ0v) is 12.1. The minimum absolute atomic E-state index is 0.525. The van der Waals surface area contributed by atoms with E-state index < -0.39 is 0 Å². The van der Waals surface area contributed by atoms with E-state index in [1.165, 1.54) is 31.4 Å². The van der Waals surface area contributed by atoms with Crippen molar-refractivity contribution in [2.75, 3.05) is 6.54 Å². The maximum Gasteiger partial charge on any atom is 0.118 e. The first kappa shape index (κ1) is 13.2. The monoisotopic (exact) mass is 262 g/mol. The number of rotatable bonds is 4. The maximum atomic E-state index is 6.04. The van der Waals surface area contributed by atoms with Gasteiger partial charge in [-0.1, -0.05) is 13.3 Å². The molecule has 2 fully saturated rings. The van der Waals surface area contributed by atoms with Gasteiger partial charge in [-0.3, -0.25) is 4.90 Å². The summed E-state index contributed by atoms with van der Waals surface area (Å²) in [5.74, 6) is 3.79. The number of hydrogen-bond donors (Lipinski definition) is 1. The number of furan rings is 1. The second kappa shape index (κ2) is 5.29. The standard InChI is InChI=1S/C16H26N2O/c1-11-8-15(11)16-7-6-14(19-16)10-18-12(2)4-3-5-13(18)9-17/h6-7,11-13,15H,3-5,8-10,17H2,1-2H3. The first-order valence-electron chi connectivity index (χ1n) is 7.73. The van der Waals surface area contributed by atoms with E-state index >= 15 is 0 Å². The van der Waals surface area contributed by atoms with Crippen molar-refractivity contribution in [1.29, 1.82) is 0 Å². The molecule has 19 heavy (non-hydrogen) atoms. The SMILES string of the molecule is CC1CC1c1ccc(CN2C(C)CCCC2CN)o1. The molecular weight excluding hydrogens is 236 g/mol. The van der Waals surface area contributed by atoms with Crippen molar-refractivity contribution in [3.63, 3.8) is 0 Å². The zero-order valence-electron chi connectivity index (χ0n) is 12.1. The van der Waals surface area contributed by atoms with Gasteiger partial charge in [0.15, 0.2) is 0 Å². The van der Waals surface area contributed by atoms with Crippen LogP contribution in [0.1, 0.15) is 57.0 Å². The third-order valence-corrected chi connectivity index (χ3v) is 4.96. The second-order valence-electron chi connectivity index (χ2n) is 6.47. The molecule has 0 spiro atoms. The minimum Gasteiger partial charge on any atom is -0.464 e. The number of nitrogens with zero attached hydrogens (tertiary/aromatic N) is 1. The summed E-state index contributed by atoms with van der Waals surface area (Å²) < 4.78 is 6.04. The van der Waals surface area contributed by atoms with E-state index in [9.17, 15) is 0 Å². The van der Waals surface area contributed by atoms with Crippen molar-refractivity contribution in [2.45, 2.75) is 64.1 Å². The average Bonchev–Trinajstić information content (AvgIpc) is 2.96. The number of piperidine rings is 1. The Morgan fingerprint density at radius 2 is 2.11 bits per heavy atom. The fraction of sp³-hybridized carbons (Fsp3) is 0.750. The Morgan fingerprint density at radius 3 is 2.79 bits per heavy atom. The molecule has 1 aromatic rings. The van der Waals surface area contributed by atoms with Crippen LogP contribution in [0, 0.1) is 5.92 Å². The molecule has 1 saturated carbocycles. The van der Waals surface area contributed by atoms with Crippen molar-refractivity contribution in [1.82, 2.24) is 4.90 Å². The van der Waals surface area contributed by atoms with Crippen LogP contribution in [0.2, 0.25) is 0 Å². The lowest BCUT2D eigenvalue weighted by atomic mass is 9.96. The topological polar surface area (TPSA) is 42.4 Å². The van der Waals surface area contributed by atoms with Gasteiger partial charge in [-0.2, -0.15) is 0 Å². The number of nitrogens with two attached hydrogens (primary N) is 1. The van der Waals surface area contributed by atoms with Gasteiger partial charge in [0.05, 0.1) is 6.54 Å². The highest BCUT2D eigenvalue weighted by atomic mass is 16.3. The molecule has 0 bridgehead atoms. The highest BCUT2D eigenvalue weighted by Gasteiger charge is 2.37. The summed E-state index contributed by atoms with van der Waals surface area (Å²) in [5, 5.41) is 0. The Hall–Kier alpha value is -0.800. The first-order chi connectivity index (χ1) is 9.19. The van der Waals surface area contributed by atoms with Gasteiger partial charge < -0.3 is 10.2 Å². The lowest BCUT2D eigenvalue weighted by molar-refractivity contribution is 0.0810. The predicted octanol–water partition coefficient (Wildman–Crippen LogP) is 3.10. The van der Waals surface area contributed by atoms with Gasteiger partial charge in [-0.25, -0.2) is 0 Å². The van der Waals surface area contributed by atoms with Crippen molar-refractivity contribution >= 4 is 0 Å². The van der Waals surface area contributed by atoms with Gasteiger partial charge in [0, 0.05) is 24.5 Å². The molecule has 1 saturated heterocycles. The molecule has 2 aliphatic rings. The van der Waals surface area contributed by atoms with Gasteiger partial charge >= 0.3 is 0 Å². The summed E-state index contributed by atoms with van der Waals surface area (Å²) in [7, 11) is 0. The third kappa shape index (κ3) is 2.72. The Morgan fingerprint density at radius 1 is 1.32 bits per heavy atom. The van der Waals surface area contributed by atoms with Crippen molar-refractivity contribution in [2.24, 2.45) is 11.7 Å². The van der Waals surface area contributed by atoms with Crippen LogP contribution in [0.3, 0.4) is 0 Å². The Labute approximate surface area is 116 Å². The average molecular weight is 262 g/mol. The summed E-state index contributed by atoms with van der Waals surface area (Å²) >= 11 is 0. The van der Waals surface area contributed by atoms with E-state index in [0.717, 1.165) is 24.8 Å². The summed E-state index contributed by atoms with van der Waals surface area (Å²) in [6, 6.07) is 5.48. The van der Waals surface area contributed by atoms with Crippen LogP contribution < -0.4 is 5.73 Å². The van der Waals surface area contributed by atoms with Crippen LogP contribution in [0.4, 0.5) is 0 Å². The zero-order chi connectivity index (χ0) is 13.4. The lowest BCUT2D eigenvalue weighted by Gasteiger charge is -2.39. The van der Waals surface area contributed by atoms with E-state index in [-0.39, 0.29) is 0 Å². The second-order valence-corrected chi connectivity index (χ2v) is 6.47. The third-order valence-electron chi connectivity index (χ3n) is 4.96. The number of likely N-dealkylation sites (tertiary alicyclic amines) is 1. The minimum atomic E-state index is 0.525. The molecule has 0 aromatic carbocycles. The predicted molar refractivity (Wildman–Crippen MR) is 76.9 cm³/mol. The van der Waals surface area contributed by atoms with Gasteiger partial charge in [-0.15, -0.1) is 0 Å². The quantitative estimate of drug-likeness (QED) is 0.906. The fourth-order valence-corrected chi connectivity index (χ4v) is 3.46. The largest absolute Gasteiger partial charge is 0.464 e. The molecule has 106 valence electrons. The molecular formula is C16H26N2O. The highest BCUT2D eigenvalue weighted by molar-refractivity contribution is 5.17. The van der Waals surface area contributed by atoms with E-state index in [4.69, 9.17) is 10.2 Å². The number of hydrogen-bond acceptors (Lipinski definition) is 3. The van der Waals surface area contributed by atoms with E-state index in [1.807, 2.05) is 0 Å². The van der Waals surface area contributed by atoms with Crippen molar-refractivity contribution in [3.8, 4) is 0 Å². The van der Waals surface area contributed by atoms with E-state index in [1.54, 1.807) is 0 Å². The van der Waals surface area contributed by atoms with Crippen LogP contribution in [-0.4, -0.2) is 23.5 Å². The molecule has 0 radical (unpaired) electrons. The lowest BCUT2D eigenvalue weighted by Crippen LogP contribution is -2.48. The summed E-state index contributed by atoms with van der Waals surface area (Å²) in [6.45, 7) is 6.29. The molecule has 3 nitrogen and oxygen atoms in total. The highest BCUT2D eigenvalue weighted by Crippen LogP contribution is 2.47. The molecule has 1 aliphatic carbocycles. The summed E-state index contributed by atoms with van der Waals surface area (Å²) in [5.41, 5.74) is 5.92. The van der Waals surface area contributed by atoms with E-state index in [2.05, 4.69) is 30.9 Å². The molecule has 4 atom stereocenters. The Kier molecular flexibility index (Phi) is 3.68. The fourth-order valence-electron chi connectivity index (χ4n) is 3.46. The van der Waals surface area contributed by atoms with Gasteiger partial charge in [0.1, 0.15) is 11.5 Å². The Bertz CT molecular complexity index is 428. The molecule has 0 amide bonds. The van der Waals surface area contributed by atoms with Crippen LogP contribution >= 0.6 is 0 Å². The van der Waals surface area contributed by atoms with Crippen LogP contribution in [0.15, 0.2) is 16.5 Å². The summed E-state index contributed by atoms with van der Waals surface area (Å²) in [6.07, 6.45) is 5.11. The Balaban J connectivity index is 1.67. The smallest absolute Gasteiger partial charge is 0.118 e. The molecule has 2 N–H and O–H groups in total. The molecule has 2 heterocycles.